The van der Waals surface area contributed by atoms with Gasteiger partial charge in [0.1, 0.15) is 11.5 Å². The Bertz CT molecular complexity index is 592. The standard InChI is InChI=1S/C17H22N2O4/c1-13(20)7-8-16(21)18-9-11-19(12-10-18)17(22)14-5-3-4-6-15(14)23-2/h3-6H,7-12H2,1-2H3. The van der Waals surface area contributed by atoms with Crippen LogP contribution in [0.5, 0.6) is 5.75 Å². The Morgan fingerprint density at radius 3 is 2.22 bits per heavy atom. The van der Waals surface area contributed by atoms with Gasteiger partial charge in [-0.2, -0.15) is 0 Å². The lowest BCUT2D eigenvalue weighted by Crippen LogP contribution is -2.50. The summed E-state index contributed by atoms with van der Waals surface area (Å²) in [5.41, 5.74) is 0.534. The first-order valence-electron chi connectivity index (χ1n) is 7.72. The van der Waals surface area contributed by atoms with E-state index in [1.807, 2.05) is 6.07 Å². The van der Waals surface area contributed by atoms with E-state index in [0.29, 0.717) is 37.5 Å². The molecule has 6 nitrogen and oxygen atoms in total. The summed E-state index contributed by atoms with van der Waals surface area (Å²) in [5, 5.41) is 0. The van der Waals surface area contributed by atoms with E-state index in [1.54, 1.807) is 28.0 Å². The second-order valence-electron chi connectivity index (χ2n) is 5.58. The number of hydrogen-bond acceptors (Lipinski definition) is 4. The number of amides is 2. The zero-order valence-electron chi connectivity index (χ0n) is 13.6. The van der Waals surface area contributed by atoms with Gasteiger partial charge in [0.25, 0.3) is 5.91 Å². The fraction of sp³-hybridized carbons (Fsp3) is 0.471. The molecule has 0 radical (unpaired) electrons. The molecule has 1 aromatic rings. The molecule has 1 aliphatic heterocycles. The molecule has 2 amide bonds. The largest absolute Gasteiger partial charge is 0.496 e. The fourth-order valence-electron chi connectivity index (χ4n) is 2.59. The average molecular weight is 318 g/mol. The summed E-state index contributed by atoms with van der Waals surface area (Å²) in [6.07, 6.45) is 0.523. The number of hydrogen-bond donors (Lipinski definition) is 0. The van der Waals surface area contributed by atoms with Gasteiger partial charge in [-0.05, 0) is 19.1 Å². The van der Waals surface area contributed by atoms with Crippen LogP contribution >= 0.6 is 0 Å². The number of rotatable bonds is 5. The van der Waals surface area contributed by atoms with Crippen molar-refractivity contribution in [1.29, 1.82) is 0 Å². The molecule has 0 saturated carbocycles. The zero-order valence-corrected chi connectivity index (χ0v) is 13.6. The first-order valence-corrected chi connectivity index (χ1v) is 7.72. The number of nitrogens with zero attached hydrogens (tertiary/aromatic N) is 2. The normalized spacial score (nSPS) is 14.5. The summed E-state index contributed by atoms with van der Waals surface area (Å²) in [4.78, 5) is 39.0. The summed E-state index contributed by atoms with van der Waals surface area (Å²) in [7, 11) is 1.54. The number of carbonyl (C=O) groups excluding carboxylic acids is 3. The lowest BCUT2D eigenvalue weighted by Gasteiger charge is -2.35. The quantitative estimate of drug-likeness (QED) is 0.822. The summed E-state index contributed by atoms with van der Waals surface area (Å²) >= 11 is 0. The average Bonchev–Trinajstić information content (AvgIpc) is 2.59. The highest BCUT2D eigenvalue weighted by atomic mass is 16.5. The minimum atomic E-state index is -0.0849. The van der Waals surface area contributed by atoms with Gasteiger partial charge in [0.2, 0.25) is 5.91 Å². The number of ether oxygens (including phenoxy) is 1. The Hall–Kier alpha value is -2.37. The van der Waals surface area contributed by atoms with E-state index in [9.17, 15) is 14.4 Å². The molecule has 1 heterocycles. The summed E-state index contributed by atoms with van der Waals surface area (Å²) in [6, 6.07) is 7.12. The highest BCUT2D eigenvalue weighted by Gasteiger charge is 2.26. The van der Waals surface area contributed by atoms with Crippen LogP contribution in [0.3, 0.4) is 0 Å². The molecule has 23 heavy (non-hydrogen) atoms. The van der Waals surface area contributed by atoms with Gasteiger partial charge in [0.15, 0.2) is 0 Å². The van der Waals surface area contributed by atoms with E-state index >= 15 is 0 Å². The molecule has 0 aliphatic carbocycles. The second-order valence-corrected chi connectivity index (χ2v) is 5.58. The lowest BCUT2D eigenvalue weighted by molar-refractivity contribution is -0.134. The van der Waals surface area contributed by atoms with Crippen LogP contribution in [0.1, 0.15) is 30.1 Å². The number of carbonyl (C=O) groups is 3. The molecule has 1 aliphatic rings. The number of methoxy groups -OCH3 is 1. The van der Waals surface area contributed by atoms with Gasteiger partial charge in [-0.1, -0.05) is 12.1 Å². The number of piperazine rings is 1. The molecule has 0 atom stereocenters. The van der Waals surface area contributed by atoms with Gasteiger partial charge < -0.3 is 19.3 Å². The third kappa shape index (κ3) is 4.31. The molecule has 1 fully saturated rings. The first kappa shape index (κ1) is 17.0. The summed E-state index contributed by atoms with van der Waals surface area (Å²) < 4.78 is 5.23. The Morgan fingerprint density at radius 1 is 1.00 bits per heavy atom. The molecule has 0 N–H and O–H groups in total. The molecule has 124 valence electrons. The number of benzene rings is 1. The monoisotopic (exact) mass is 318 g/mol. The van der Waals surface area contributed by atoms with Gasteiger partial charge >= 0.3 is 0 Å². The van der Waals surface area contributed by atoms with Crippen molar-refractivity contribution in [3.63, 3.8) is 0 Å². The Kier molecular flexibility index (Phi) is 5.73. The van der Waals surface area contributed by atoms with Gasteiger partial charge in [-0.25, -0.2) is 0 Å². The smallest absolute Gasteiger partial charge is 0.257 e. The van der Waals surface area contributed by atoms with Crippen LogP contribution in [0.2, 0.25) is 0 Å². The van der Waals surface area contributed by atoms with E-state index < -0.39 is 0 Å². The van der Waals surface area contributed by atoms with Gasteiger partial charge in [-0.3, -0.25) is 9.59 Å². The maximum Gasteiger partial charge on any atom is 0.257 e. The minimum absolute atomic E-state index is 0.0170. The molecule has 1 aromatic carbocycles. The van der Waals surface area contributed by atoms with E-state index in [1.165, 1.54) is 14.0 Å². The van der Waals surface area contributed by atoms with Crippen LogP contribution < -0.4 is 4.74 Å². The predicted octanol–water partition coefficient (Wildman–Crippen LogP) is 1.35. The molecule has 0 spiro atoms. The number of ketones is 1. The molecular formula is C17H22N2O4. The number of para-hydroxylation sites is 1. The molecule has 0 unspecified atom stereocenters. The lowest BCUT2D eigenvalue weighted by atomic mass is 10.1. The van der Waals surface area contributed by atoms with E-state index in [-0.39, 0.29) is 30.4 Å². The first-order chi connectivity index (χ1) is 11.0. The molecule has 6 heteroatoms. The van der Waals surface area contributed by atoms with Crippen LogP contribution in [0.4, 0.5) is 0 Å². The van der Waals surface area contributed by atoms with Crippen LogP contribution in [0.25, 0.3) is 0 Å². The Morgan fingerprint density at radius 2 is 1.61 bits per heavy atom. The Balaban J connectivity index is 1.92. The van der Waals surface area contributed by atoms with Gasteiger partial charge in [0, 0.05) is 39.0 Å². The van der Waals surface area contributed by atoms with Gasteiger partial charge in [0.05, 0.1) is 12.7 Å². The minimum Gasteiger partial charge on any atom is -0.496 e. The van der Waals surface area contributed by atoms with E-state index in [2.05, 4.69) is 0 Å². The molecule has 2 rings (SSSR count). The molecular weight excluding hydrogens is 296 g/mol. The number of Topliss-reactive ketones (excluding diaryl/α,β-unsaturated/α-hetero) is 1. The van der Waals surface area contributed by atoms with Crippen LogP contribution in [-0.4, -0.2) is 60.7 Å². The van der Waals surface area contributed by atoms with Crippen molar-refractivity contribution >= 4 is 17.6 Å². The highest BCUT2D eigenvalue weighted by Crippen LogP contribution is 2.20. The molecule has 0 aromatic heterocycles. The van der Waals surface area contributed by atoms with Crippen molar-refractivity contribution in [2.45, 2.75) is 19.8 Å². The van der Waals surface area contributed by atoms with E-state index in [4.69, 9.17) is 4.74 Å². The molecule has 1 saturated heterocycles. The highest BCUT2D eigenvalue weighted by molar-refractivity contribution is 5.97. The predicted molar refractivity (Wildman–Crippen MR) is 85.4 cm³/mol. The van der Waals surface area contributed by atoms with Crippen molar-refractivity contribution < 1.29 is 19.1 Å². The van der Waals surface area contributed by atoms with Crippen LogP contribution in [0, 0.1) is 0 Å². The third-order valence-electron chi connectivity index (χ3n) is 3.95. The summed E-state index contributed by atoms with van der Waals surface area (Å²) in [5.74, 6) is 0.462. The third-order valence-corrected chi connectivity index (χ3v) is 3.95. The van der Waals surface area contributed by atoms with Crippen molar-refractivity contribution in [3.8, 4) is 5.75 Å². The maximum absolute atomic E-state index is 12.6. The zero-order chi connectivity index (χ0) is 16.8. The van der Waals surface area contributed by atoms with Gasteiger partial charge in [-0.15, -0.1) is 0 Å². The molecule has 0 bridgehead atoms. The maximum atomic E-state index is 12.6. The van der Waals surface area contributed by atoms with Crippen molar-refractivity contribution in [2.24, 2.45) is 0 Å². The van der Waals surface area contributed by atoms with E-state index in [0.717, 1.165) is 0 Å². The summed E-state index contributed by atoms with van der Waals surface area (Å²) in [6.45, 7) is 3.46. The van der Waals surface area contributed by atoms with Crippen molar-refractivity contribution in [3.05, 3.63) is 29.8 Å². The van der Waals surface area contributed by atoms with Crippen molar-refractivity contribution in [1.82, 2.24) is 9.80 Å². The second kappa shape index (κ2) is 7.76. The van der Waals surface area contributed by atoms with Crippen LogP contribution in [-0.2, 0) is 9.59 Å². The fourth-order valence-corrected chi connectivity index (χ4v) is 2.59. The van der Waals surface area contributed by atoms with Crippen LogP contribution in [0.15, 0.2) is 24.3 Å². The van der Waals surface area contributed by atoms with Crippen molar-refractivity contribution in [2.75, 3.05) is 33.3 Å². The SMILES string of the molecule is COc1ccccc1C(=O)N1CCN(C(=O)CCC(C)=O)CC1. The topological polar surface area (TPSA) is 66.9 Å². The Labute approximate surface area is 136 Å².